The highest BCUT2D eigenvalue weighted by Crippen LogP contribution is 2.13. The van der Waals surface area contributed by atoms with E-state index in [9.17, 15) is 9.59 Å². The average molecular weight is 211 g/mol. The number of hydrogen-bond acceptors (Lipinski definition) is 2. The van der Waals surface area contributed by atoms with Crippen LogP contribution in [0.2, 0.25) is 0 Å². The number of halogens is 1. The zero-order chi connectivity index (χ0) is 10.7. The van der Waals surface area contributed by atoms with Crippen molar-refractivity contribution < 1.29 is 9.59 Å². The molecule has 2 nitrogen and oxygen atoms in total. The molecule has 0 bridgehead atoms. The molecule has 0 spiro atoms. The van der Waals surface area contributed by atoms with Crippen LogP contribution in [0.5, 0.6) is 0 Å². The van der Waals surface area contributed by atoms with E-state index in [1.165, 1.54) is 0 Å². The Labute approximate surface area is 87.9 Å². The van der Waals surface area contributed by atoms with E-state index in [-0.39, 0.29) is 5.78 Å². The van der Waals surface area contributed by atoms with Gasteiger partial charge in [-0.25, -0.2) is 0 Å². The Balaban J connectivity index is 3.12. The van der Waals surface area contributed by atoms with Gasteiger partial charge in [0.15, 0.2) is 5.78 Å². The van der Waals surface area contributed by atoms with Gasteiger partial charge in [0.1, 0.15) is 6.29 Å². The molecule has 0 aliphatic carbocycles. The van der Waals surface area contributed by atoms with E-state index >= 15 is 0 Å². The van der Waals surface area contributed by atoms with Gasteiger partial charge in [-0.2, -0.15) is 0 Å². The van der Waals surface area contributed by atoms with Crippen LogP contribution in [0.25, 0.3) is 0 Å². The third-order valence-corrected chi connectivity index (χ3v) is 2.25. The first-order valence-corrected chi connectivity index (χ1v) is 4.74. The first-order chi connectivity index (χ1) is 6.56. The van der Waals surface area contributed by atoms with Crippen LogP contribution in [0.15, 0.2) is 18.2 Å². The molecule has 0 saturated heterocycles. The predicted octanol–water partition coefficient (Wildman–Crippen LogP) is 2.62. The Morgan fingerprint density at radius 3 is 2.64 bits per heavy atom. The molecule has 1 aromatic carbocycles. The number of rotatable bonds is 3. The highest BCUT2D eigenvalue weighted by Gasteiger charge is 2.12. The lowest BCUT2D eigenvalue weighted by Crippen LogP contribution is -2.10. The fourth-order valence-electron chi connectivity index (χ4n) is 1.15. The molecule has 1 atom stereocenters. The molecule has 0 heterocycles. The molecule has 0 amide bonds. The highest BCUT2D eigenvalue weighted by atomic mass is 35.5. The Hall–Kier alpha value is -1.15. The predicted molar refractivity (Wildman–Crippen MR) is 56.2 cm³/mol. The Bertz CT molecular complexity index is 370. The van der Waals surface area contributed by atoms with Crippen molar-refractivity contribution in [1.82, 2.24) is 0 Å². The number of benzene rings is 1. The van der Waals surface area contributed by atoms with Crippen molar-refractivity contribution in [2.75, 3.05) is 0 Å². The average Bonchev–Trinajstić information content (AvgIpc) is 2.17. The smallest absolute Gasteiger partial charge is 0.180 e. The molecule has 1 aromatic rings. The Kier molecular flexibility index (Phi) is 3.42. The van der Waals surface area contributed by atoms with E-state index in [2.05, 4.69) is 0 Å². The van der Waals surface area contributed by atoms with Gasteiger partial charge in [0.05, 0.1) is 5.38 Å². The molecule has 3 heteroatoms. The number of Topliss-reactive ketones (excluding diaryl/α,β-unsaturated/α-hetero) is 1. The summed E-state index contributed by atoms with van der Waals surface area (Å²) in [5.41, 5.74) is 1.88. The van der Waals surface area contributed by atoms with Gasteiger partial charge in [0.25, 0.3) is 0 Å². The Morgan fingerprint density at radius 2 is 2.14 bits per heavy atom. The van der Waals surface area contributed by atoms with Crippen molar-refractivity contribution >= 4 is 23.7 Å². The van der Waals surface area contributed by atoms with Crippen molar-refractivity contribution in [3.05, 3.63) is 34.9 Å². The molecule has 74 valence electrons. The van der Waals surface area contributed by atoms with E-state index < -0.39 is 5.38 Å². The van der Waals surface area contributed by atoms with Crippen LogP contribution in [0, 0.1) is 6.92 Å². The lowest BCUT2D eigenvalue weighted by Gasteiger charge is -2.04. The minimum atomic E-state index is -0.558. The largest absolute Gasteiger partial charge is 0.298 e. The summed E-state index contributed by atoms with van der Waals surface area (Å²) in [6, 6.07) is 5.00. The van der Waals surface area contributed by atoms with Crippen LogP contribution < -0.4 is 0 Å². The lowest BCUT2D eigenvalue weighted by atomic mass is 10.0. The zero-order valence-electron chi connectivity index (χ0n) is 8.08. The second-order valence-corrected chi connectivity index (χ2v) is 3.82. The van der Waals surface area contributed by atoms with E-state index in [4.69, 9.17) is 11.6 Å². The molecular weight excluding hydrogens is 200 g/mol. The summed E-state index contributed by atoms with van der Waals surface area (Å²) in [6.07, 6.45) is 0.741. The first kappa shape index (κ1) is 10.9. The summed E-state index contributed by atoms with van der Waals surface area (Å²) in [5, 5.41) is -0.558. The van der Waals surface area contributed by atoms with Crippen LogP contribution in [-0.4, -0.2) is 17.4 Å². The maximum Gasteiger partial charge on any atom is 0.180 e. The maximum absolute atomic E-state index is 11.5. The second-order valence-electron chi connectivity index (χ2n) is 3.17. The number of hydrogen-bond donors (Lipinski definition) is 0. The quantitative estimate of drug-likeness (QED) is 0.437. The monoisotopic (exact) mass is 210 g/mol. The first-order valence-electron chi connectivity index (χ1n) is 4.30. The fourth-order valence-corrected chi connectivity index (χ4v) is 1.28. The summed E-state index contributed by atoms with van der Waals surface area (Å²) < 4.78 is 0. The van der Waals surface area contributed by atoms with Crippen LogP contribution in [-0.2, 0) is 0 Å². The van der Waals surface area contributed by atoms with E-state index in [0.29, 0.717) is 11.1 Å². The number of carbonyl (C=O) groups excluding carboxylic acids is 2. The van der Waals surface area contributed by atoms with Crippen molar-refractivity contribution in [2.24, 2.45) is 0 Å². The molecule has 0 radical (unpaired) electrons. The van der Waals surface area contributed by atoms with Gasteiger partial charge >= 0.3 is 0 Å². The van der Waals surface area contributed by atoms with Gasteiger partial charge in [-0.15, -0.1) is 11.6 Å². The summed E-state index contributed by atoms with van der Waals surface area (Å²) in [5.74, 6) is -0.158. The summed E-state index contributed by atoms with van der Waals surface area (Å²) in [7, 11) is 0. The normalized spacial score (nSPS) is 12.2. The number of alkyl halides is 1. The molecule has 0 aliphatic rings. The molecule has 0 fully saturated rings. The number of aryl methyl sites for hydroxylation is 1. The van der Waals surface area contributed by atoms with Crippen LogP contribution in [0.1, 0.15) is 33.2 Å². The molecule has 14 heavy (non-hydrogen) atoms. The minimum Gasteiger partial charge on any atom is -0.298 e. The third-order valence-electron chi connectivity index (χ3n) is 2.05. The molecule has 0 saturated carbocycles. The van der Waals surface area contributed by atoms with Gasteiger partial charge in [-0.1, -0.05) is 12.1 Å². The van der Waals surface area contributed by atoms with Crippen LogP contribution >= 0.6 is 11.6 Å². The van der Waals surface area contributed by atoms with Gasteiger partial charge in [0, 0.05) is 11.1 Å². The van der Waals surface area contributed by atoms with Crippen LogP contribution in [0.3, 0.4) is 0 Å². The van der Waals surface area contributed by atoms with Gasteiger partial charge in [-0.05, 0) is 25.5 Å². The van der Waals surface area contributed by atoms with Crippen molar-refractivity contribution in [2.45, 2.75) is 19.2 Å². The SMILES string of the molecule is Cc1ccc(C(=O)C(C)Cl)cc1C=O. The van der Waals surface area contributed by atoms with Crippen molar-refractivity contribution in [3.63, 3.8) is 0 Å². The maximum atomic E-state index is 11.5. The molecule has 1 rings (SSSR count). The summed E-state index contributed by atoms with van der Waals surface area (Å²) in [6.45, 7) is 3.44. The number of aldehydes is 1. The molecule has 0 aliphatic heterocycles. The highest BCUT2D eigenvalue weighted by molar-refractivity contribution is 6.33. The van der Waals surface area contributed by atoms with Gasteiger partial charge in [-0.3, -0.25) is 9.59 Å². The Morgan fingerprint density at radius 1 is 1.50 bits per heavy atom. The number of ketones is 1. The standard InChI is InChI=1S/C11H11ClO2/c1-7-3-4-9(5-10(7)6-13)11(14)8(2)12/h3-6,8H,1-2H3. The molecule has 1 unspecified atom stereocenters. The lowest BCUT2D eigenvalue weighted by molar-refractivity contribution is 0.0991. The van der Waals surface area contributed by atoms with Crippen molar-refractivity contribution in [3.8, 4) is 0 Å². The topological polar surface area (TPSA) is 34.1 Å². The number of carbonyl (C=O) groups is 2. The van der Waals surface area contributed by atoms with Crippen LogP contribution in [0.4, 0.5) is 0 Å². The molecule has 0 N–H and O–H groups in total. The van der Waals surface area contributed by atoms with E-state index in [0.717, 1.165) is 11.8 Å². The van der Waals surface area contributed by atoms with E-state index in [1.807, 2.05) is 6.92 Å². The summed E-state index contributed by atoms with van der Waals surface area (Å²) in [4.78, 5) is 22.1. The van der Waals surface area contributed by atoms with Gasteiger partial charge < -0.3 is 0 Å². The summed E-state index contributed by atoms with van der Waals surface area (Å²) >= 11 is 5.66. The van der Waals surface area contributed by atoms with Gasteiger partial charge in [0.2, 0.25) is 0 Å². The molecular formula is C11H11ClO2. The zero-order valence-corrected chi connectivity index (χ0v) is 8.84. The fraction of sp³-hybridized carbons (Fsp3) is 0.273. The third kappa shape index (κ3) is 2.20. The van der Waals surface area contributed by atoms with Crippen molar-refractivity contribution in [1.29, 1.82) is 0 Å². The second kappa shape index (κ2) is 4.38. The molecule has 0 aromatic heterocycles. The minimum absolute atomic E-state index is 0.158. The van der Waals surface area contributed by atoms with E-state index in [1.54, 1.807) is 25.1 Å².